The summed E-state index contributed by atoms with van der Waals surface area (Å²) in [6.45, 7) is 9.34. The summed E-state index contributed by atoms with van der Waals surface area (Å²) in [5, 5.41) is 3.86. The third-order valence-electron chi connectivity index (χ3n) is 6.98. The fourth-order valence-corrected chi connectivity index (χ4v) is 6.64. The molecule has 1 heterocycles. The fraction of sp³-hybridized carbons (Fsp3) is 0.448. The lowest BCUT2D eigenvalue weighted by atomic mass is 9.95. The summed E-state index contributed by atoms with van der Waals surface area (Å²) in [7, 11) is -4.02. The Morgan fingerprint density at radius 2 is 1.76 bits per heavy atom. The third kappa shape index (κ3) is 8.25. The third-order valence-corrected chi connectivity index (χ3v) is 9.51. The van der Waals surface area contributed by atoms with Crippen LogP contribution in [0.2, 0.25) is 0 Å². The molecule has 0 aromatic heterocycles. The number of allylic oxidation sites excluding steroid dienone is 1. The molecule has 0 aliphatic carbocycles. The van der Waals surface area contributed by atoms with Crippen molar-refractivity contribution in [1.82, 2.24) is 4.90 Å². The van der Waals surface area contributed by atoms with E-state index in [2.05, 4.69) is 21.4 Å². The highest BCUT2D eigenvalue weighted by Crippen LogP contribution is 2.36. The summed E-state index contributed by atoms with van der Waals surface area (Å²) in [6, 6.07) is 11.4. The summed E-state index contributed by atoms with van der Waals surface area (Å²) >= 11 is 0. The molecule has 2 N–H and O–H groups in total. The number of amides is 1. The number of para-hydroxylation sites is 1. The molecule has 2 aromatic rings. The van der Waals surface area contributed by atoms with Crippen LogP contribution < -0.4 is 15.2 Å². The molecule has 1 fully saturated rings. The van der Waals surface area contributed by atoms with Gasteiger partial charge in [0.05, 0.1) is 17.2 Å². The number of ether oxygens (including phenoxy) is 2. The number of likely N-dealkylation sites (tertiary alicyclic amines) is 1. The maximum atomic E-state index is 13.5. The number of carbonyl (C=O) groups excluding carboxylic acids is 1. The quantitative estimate of drug-likeness (QED) is 0.135. The van der Waals surface area contributed by atoms with E-state index in [9.17, 15) is 26.4 Å². The Kier molecular flexibility index (Phi) is 11.0. The highest BCUT2D eigenvalue weighted by molar-refractivity contribution is 7.93. The Balaban J connectivity index is 1.51. The molecule has 1 amide bonds. The zero-order valence-electron chi connectivity index (χ0n) is 23.7. The predicted molar refractivity (Wildman–Crippen MR) is 152 cm³/mol. The molecule has 3 rings (SSSR count). The number of halogens is 3. The maximum absolute atomic E-state index is 13.5. The van der Waals surface area contributed by atoms with Gasteiger partial charge in [-0.15, -0.1) is 13.2 Å². The largest absolute Gasteiger partial charge is 0.573 e. The topological polar surface area (TPSA) is 121 Å². The molecule has 0 spiro atoms. The summed E-state index contributed by atoms with van der Waals surface area (Å²) in [4.78, 5) is 19.8. The SMILES string of the molecule is C=C(CCCOc1ccc(S(=O)(=O)C2(C(N)=O)CCN(CCC)CC2)cc1)O/N=C(\C)c1ccccc1OC(F)(F)F. The lowest BCUT2D eigenvalue weighted by Crippen LogP contribution is -2.56. The average molecular weight is 612 g/mol. The van der Waals surface area contributed by atoms with Crippen LogP contribution in [-0.4, -0.2) is 62.3 Å². The van der Waals surface area contributed by atoms with Crippen LogP contribution in [0.15, 0.2) is 70.9 Å². The zero-order valence-corrected chi connectivity index (χ0v) is 24.5. The van der Waals surface area contributed by atoms with Crippen molar-refractivity contribution in [3.8, 4) is 11.5 Å². The molecule has 230 valence electrons. The van der Waals surface area contributed by atoms with Gasteiger partial charge < -0.3 is 24.9 Å². The Bertz CT molecular complexity index is 1370. The molecule has 1 saturated heterocycles. The summed E-state index contributed by atoms with van der Waals surface area (Å²) < 4.78 is 73.0. The number of rotatable bonds is 14. The second kappa shape index (κ2) is 14.1. The van der Waals surface area contributed by atoms with Crippen molar-refractivity contribution in [2.24, 2.45) is 10.9 Å². The van der Waals surface area contributed by atoms with E-state index in [0.717, 1.165) is 13.0 Å². The smallest absolute Gasteiger partial charge is 0.494 e. The van der Waals surface area contributed by atoms with Crippen LogP contribution in [0.5, 0.6) is 11.5 Å². The first kappa shape index (κ1) is 32.9. The number of carbonyl (C=O) groups is 1. The monoisotopic (exact) mass is 611 g/mol. The molecule has 0 unspecified atom stereocenters. The predicted octanol–water partition coefficient (Wildman–Crippen LogP) is 5.20. The second-order valence-electron chi connectivity index (χ2n) is 9.98. The van der Waals surface area contributed by atoms with Crippen LogP contribution in [0, 0.1) is 0 Å². The molecule has 2 aromatic carbocycles. The maximum Gasteiger partial charge on any atom is 0.573 e. The second-order valence-corrected chi connectivity index (χ2v) is 12.2. The average Bonchev–Trinajstić information content (AvgIpc) is 2.94. The van der Waals surface area contributed by atoms with E-state index in [4.69, 9.17) is 15.3 Å². The lowest BCUT2D eigenvalue weighted by Gasteiger charge is -2.38. The van der Waals surface area contributed by atoms with E-state index in [1.165, 1.54) is 49.4 Å². The van der Waals surface area contributed by atoms with Crippen molar-refractivity contribution >= 4 is 21.5 Å². The minimum Gasteiger partial charge on any atom is -0.494 e. The van der Waals surface area contributed by atoms with E-state index in [0.29, 0.717) is 31.7 Å². The van der Waals surface area contributed by atoms with Gasteiger partial charge in [-0.3, -0.25) is 4.79 Å². The Hall–Kier alpha value is -3.58. The van der Waals surface area contributed by atoms with E-state index in [1.54, 1.807) is 6.07 Å². The van der Waals surface area contributed by atoms with Crippen LogP contribution in [0.25, 0.3) is 0 Å². The van der Waals surface area contributed by atoms with Gasteiger partial charge in [0.25, 0.3) is 0 Å². The van der Waals surface area contributed by atoms with Gasteiger partial charge in [0, 0.05) is 25.1 Å². The Labute approximate surface area is 244 Å². The highest BCUT2D eigenvalue weighted by atomic mass is 32.2. The van der Waals surface area contributed by atoms with Crippen molar-refractivity contribution in [3.63, 3.8) is 0 Å². The van der Waals surface area contributed by atoms with Crippen LogP contribution in [0.3, 0.4) is 0 Å². The normalized spacial score (nSPS) is 16.1. The number of piperidine rings is 1. The molecule has 42 heavy (non-hydrogen) atoms. The van der Waals surface area contributed by atoms with Gasteiger partial charge in [-0.2, -0.15) is 0 Å². The first-order valence-corrected chi connectivity index (χ1v) is 15.0. The van der Waals surface area contributed by atoms with Crippen molar-refractivity contribution in [2.75, 3.05) is 26.2 Å². The Morgan fingerprint density at radius 3 is 2.36 bits per heavy atom. The number of alkyl halides is 3. The number of benzene rings is 2. The van der Waals surface area contributed by atoms with Gasteiger partial charge in [-0.05, 0) is 75.5 Å². The highest BCUT2D eigenvalue weighted by Gasteiger charge is 2.51. The molecule has 13 heteroatoms. The Morgan fingerprint density at radius 1 is 1.12 bits per heavy atom. The first-order valence-electron chi connectivity index (χ1n) is 13.5. The van der Waals surface area contributed by atoms with Gasteiger partial charge in [0.2, 0.25) is 5.91 Å². The van der Waals surface area contributed by atoms with E-state index < -0.39 is 32.6 Å². The van der Waals surface area contributed by atoms with Crippen LogP contribution >= 0.6 is 0 Å². The molecule has 9 nitrogen and oxygen atoms in total. The standard InChI is InChI=1S/C29H36F3N3O6S/c1-4-17-35-18-15-28(16-19-35,27(33)36)42(37,38)24-13-11-23(12-14-24)39-20-7-8-21(2)41-34-22(3)25-9-5-6-10-26(25)40-29(30,31)32/h5-6,9-14H,2,4,7-8,15-20H2,1,3H3,(H2,33,36)/b34-22+. The molecular weight excluding hydrogens is 575 g/mol. The van der Waals surface area contributed by atoms with Gasteiger partial charge in [-0.1, -0.05) is 30.8 Å². The van der Waals surface area contributed by atoms with Crippen LogP contribution in [0.4, 0.5) is 13.2 Å². The minimum atomic E-state index is -4.84. The summed E-state index contributed by atoms with van der Waals surface area (Å²) in [6.07, 6.45) is -2.79. The van der Waals surface area contributed by atoms with Crippen molar-refractivity contribution < 1.29 is 40.7 Å². The fourth-order valence-electron chi connectivity index (χ4n) is 4.71. The van der Waals surface area contributed by atoms with Crippen molar-refractivity contribution in [2.45, 2.75) is 62.0 Å². The molecule has 1 aliphatic rings. The number of hydrogen-bond donors (Lipinski definition) is 1. The summed E-state index contributed by atoms with van der Waals surface area (Å²) in [5.74, 6) is -0.522. The van der Waals surface area contributed by atoms with Crippen LogP contribution in [-0.2, 0) is 19.5 Å². The van der Waals surface area contributed by atoms with Crippen molar-refractivity contribution in [1.29, 1.82) is 0 Å². The molecule has 0 saturated carbocycles. The van der Waals surface area contributed by atoms with Gasteiger partial charge >= 0.3 is 6.36 Å². The molecule has 0 bridgehead atoms. The van der Waals surface area contributed by atoms with Crippen LogP contribution in [0.1, 0.15) is 51.5 Å². The van der Waals surface area contributed by atoms with E-state index in [1.807, 2.05) is 6.92 Å². The number of sulfone groups is 1. The lowest BCUT2D eigenvalue weighted by molar-refractivity contribution is -0.274. The van der Waals surface area contributed by atoms with E-state index in [-0.39, 0.29) is 41.4 Å². The van der Waals surface area contributed by atoms with Gasteiger partial charge in [0.1, 0.15) is 17.3 Å². The zero-order chi connectivity index (χ0) is 31.0. The molecule has 0 radical (unpaired) electrons. The van der Waals surface area contributed by atoms with Gasteiger partial charge in [-0.25, -0.2) is 8.42 Å². The van der Waals surface area contributed by atoms with Gasteiger partial charge in [0.15, 0.2) is 14.6 Å². The first-order chi connectivity index (χ1) is 19.8. The minimum absolute atomic E-state index is 0.00908. The number of hydrogen-bond acceptors (Lipinski definition) is 8. The number of primary amides is 1. The molecule has 0 atom stereocenters. The molecule has 1 aliphatic heterocycles. The number of oxime groups is 1. The number of nitrogens with zero attached hydrogens (tertiary/aromatic N) is 2. The van der Waals surface area contributed by atoms with Crippen molar-refractivity contribution in [3.05, 3.63) is 66.4 Å². The van der Waals surface area contributed by atoms with E-state index >= 15 is 0 Å². The summed E-state index contributed by atoms with van der Waals surface area (Å²) in [5.41, 5.74) is 5.94. The number of nitrogens with two attached hydrogens (primary N) is 1. The molecular formula is C29H36F3N3O6S.